The van der Waals surface area contributed by atoms with Gasteiger partial charge in [-0.1, -0.05) is 30.0 Å². The molecule has 31 heavy (non-hydrogen) atoms. The highest BCUT2D eigenvalue weighted by Crippen LogP contribution is 2.35. The molecule has 1 aliphatic heterocycles. The second kappa shape index (κ2) is 9.94. The third kappa shape index (κ3) is 5.24. The number of aliphatic imine (C=N–C) groups is 1. The molecule has 0 N–H and O–H groups in total. The Balaban J connectivity index is 1.52. The maximum Gasteiger partial charge on any atom is 0.266 e. The summed E-state index contributed by atoms with van der Waals surface area (Å²) in [4.78, 5) is 20.9. The zero-order valence-electron chi connectivity index (χ0n) is 17.3. The number of thioether (sulfide) groups is 1. The van der Waals surface area contributed by atoms with Gasteiger partial charge < -0.3 is 9.15 Å². The minimum atomic E-state index is -0.0640. The third-order valence-corrected chi connectivity index (χ3v) is 6.35. The first-order valence-electron chi connectivity index (χ1n) is 10.0. The number of amidine groups is 1. The van der Waals surface area contributed by atoms with E-state index < -0.39 is 0 Å². The van der Waals surface area contributed by atoms with E-state index in [1.54, 1.807) is 22.7 Å². The smallest absolute Gasteiger partial charge is 0.266 e. The van der Waals surface area contributed by atoms with Gasteiger partial charge in [0.15, 0.2) is 10.3 Å². The summed E-state index contributed by atoms with van der Waals surface area (Å²) in [5, 5.41) is 1.44. The highest BCUT2D eigenvalue weighted by Gasteiger charge is 2.32. The Labute approximate surface area is 190 Å². The molecule has 0 saturated carbocycles. The van der Waals surface area contributed by atoms with Crippen molar-refractivity contribution in [1.82, 2.24) is 4.90 Å². The van der Waals surface area contributed by atoms with Crippen LogP contribution in [0.1, 0.15) is 19.6 Å². The van der Waals surface area contributed by atoms with E-state index in [9.17, 15) is 4.79 Å². The van der Waals surface area contributed by atoms with Crippen molar-refractivity contribution in [3.05, 3.63) is 77.4 Å². The molecule has 4 rings (SSSR count). The molecule has 1 amide bonds. The summed E-state index contributed by atoms with van der Waals surface area (Å²) in [6, 6.07) is 21.4. The molecule has 2 heterocycles. The van der Waals surface area contributed by atoms with E-state index in [0.29, 0.717) is 29.0 Å². The zero-order valence-corrected chi connectivity index (χ0v) is 18.9. The van der Waals surface area contributed by atoms with Crippen molar-refractivity contribution in [3.8, 4) is 5.75 Å². The van der Waals surface area contributed by atoms with Gasteiger partial charge in [0.2, 0.25) is 0 Å². The Hall–Kier alpha value is -2.90. The number of hydrogen-bond donors (Lipinski definition) is 0. The van der Waals surface area contributed by atoms with E-state index >= 15 is 0 Å². The van der Waals surface area contributed by atoms with E-state index in [1.165, 1.54) is 11.8 Å². The van der Waals surface area contributed by atoms with Crippen molar-refractivity contribution in [2.24, 2.45) is 4.99 Å². The molecule has 2 aromatic carbocycles. The van der Waals surface area contributed by atoms with Crippen LogP contribution in [-0.4, -0.2) is 29.1 Å². The first-order chi connectivity index (χ1) is 15.2. The predicted molar refractivity (Wildman–Crippen MR) is 127 cm³/mol. The molecule has 7 heteroatoms. The molecular weight excluding hydrogens is 428 g/mol. The van der Waals surface area contributed by atoms with Gasteiger partial charge in [0.1, 0.15) is 11.5 Å². The minimum Gasteiger partial charge on any atom is -0.494 e. The van der Waals surface area contributed by atoms with E-state index in [0.717, 1.165) is 21.4 Å². The van der Waals surface area contributed by atoms with Gasteiger partial charge in [0.25, 0.3) is 5.91 Å². The fourth-order valence-electron chi connectivity index (χ4n) is 2.96. The molecule has 1 fully saturated rings. The first kappa shape index (κ1) is 21.3. The van der Waals surface area contributed by atoms with Crippen molar-refractivity contribution in [1.29, 1.82) is 0 Å². The van der Waals surface area contributed by atoms with Gasteiger partial charge in [-0.3, -0.25) is 9.69 Å². The number of hydrogen-bond acceptors (Lipinski definition) is 6. The lowest BCUT2D eigenvalue weighted by Gasteiger charge is -2.12. The highest BCUT2D eigenvalue weighted by molar-refractivity contribution is 8.18. The van der Waals surface area contributed by atoms with Gasteiger partial charge >= 0.3 is 0 Å². The second-order valence-corrected chi connectivity index (χ2v) is 8.64. The number of likely N-dealkylation sites (N-methyl/N-ethyl adjacent to an activating group) is 1. The standard InChI is InChI=1S/C24H22N2O3S2/c1-3-26-23(27)21(31-24(26)25-17-10-12-18(13-11-17)28-4-2)16-19-14-15-22(29-19)30-20-8-6-5-7-9-20/h5-16H,3-4H2,1-2H3/b21-16-,25-24?. The van der Waals surface area contributed by atoms with Gasteiger partial charge in [0.05, 0.1) is 17.2 Å². The number of furan rings is 1. The van der Waals surface area contributed by atoms with E-state index in [4.69, 9.17) is 9.15 Å². The normalized spacial score (nSPS) is 16.5. The minimum absolute atomic E-state index is 0.0640. The highest BCUT2D eigenvalue weighted by atomic mass is 32.2. The Morgan fingerprint density at radius 2 is 1.84 bits per heavy atom. The molecule has 0 unspecified atom stereocenters. The number of amides is 1. The van der Waals surface area contributed by atoms with Crippen LogP contribution in [0, 0.1) is 0 Å². The zero-order chi connectivity index (χ0) is 21.6. The van der Waals surface area contributed by atoms with Gasteiger partial charge in [0, 0.05) is 17.5 Å². The SMILES string of the molecule is CCOc1ccc(N=C2S/C(=C\c3ccc(Sc4ccccc4)o3)C(=O)N2CC)cc1. The lowest BCUT2D eigenvalue weighted by Crippen LogP contribution is -2.28. The number of nitrogens with zero attached hydrogens (tertiary/aromatic N) is 2. The first-order valence-corrected chi connectivity index (χ1v) is 11.6. The Morgan fingerprint density at radius 3 is 2.55 bits per heavy atom. The molecule has 158 valence electrons. The molecule has 1 aliphatic rings. The van der Waals surface area contributed by atoms with Crippen LogP contribution in [0.2, 0.25) is 0 Å². The maximum absolute atomic E-state index is 12.9. The van der Waals surface area contributed by atoms with Crippen LogP contribution in [0.25, 0.3) is 6.08 Å². The number of carbonyl (C=O) groups excluding carboxylic acids is 1. The average molecular weight is 451 g/mol. The third-order valence-electron chi connectivity index (χ3n) is 4.41. The van der Waals surface area contributed by atoms with Gasteiger partial charge in [-0.15, -0.1) is 0 Å². The van der Waals surface area contributed by atoms with Crippen LogP contribution in [0.15, 0.2) is 91.0 Å². The monoisotopic (exact) mass is 450 g/mol. The molecule has 0 radical (unpaired) electrons. The molecule has 0 spiro atoms. The Bertz CT molecular complexity index is 1110. The summed E-state index contributed by atoms with van der Waals surface area (Å²) >= 11 is 2.91. The summed E-state index contributed by atoms with van der Waals surface area (Å²) in [5.74, 6) is 1.38. The largest absolute Gasteiger partial charge is 0.494 e. The Kier molecular flexibility index (Phi) is 6.84. The lowest BCUT2D eigenvalue weighted by molar-refractivity contribution is -0.122. The van der Waals surface area contributed by atoms with Crippen molar-refractivity contribution < 1.29 is 13.9 Å². The molecule has 5 nitrogen and oxygen atoms in total. The van der Waals surface area contributed by atoms with Crippen molar-refractivity contribution in [2.75, 3.05) is 13.2 Å². The van der Waals surface area contributed by atoms with E-state index in [-0.39, 0.29) is 5.91 Å². The van der Waals surface area contributed by atoms with Crippen LogP contribution in [-0.2, 0) is 4.79 Å². The fourth-order valence-corrected chi connectivity index (χ4v) is 4.81. The van der Waals surface area contributed by atoms with Crippen LogP contribution in [0.5, 0.6) is 5.75 Å². The summed E-state index contributed by atoms with van der Waals surface area (Å²) < 4.78 is 11.4. The van der Waals surface area contributed by atoms with Crippen LogP contribution in [0.3, 0.4) is 0 Å². The van der Waals surface area contributed by atoms with Crippen molar-refractivity contribution >= 4 is 46.4 Å². The van der Waals surface area contributed by atoms with Crippen LogP contribution in [0.4, 0.5) is 5.69 Å². The number of ether oxygens (including phenoxy) is 1. The number of carbonyl (C=O) groups is 1. The summed E-state index contributed by atoms with van der Waals surface area (Å²) in [6.07, 6.45) is 1.78. The van der Waals surface area contributed by atoms with Gasteiger partial charge in [-0.25, -0.2) is 4.99 Å². The molecule has 0 atom stereocenters. The van der Waals surface area contributed by atoms with Crippen molar-refractivity contribution in [2.45, 2.75) is 23.8 Å². The molecule has 1 saturated heterocycles. The second-order valence-electron chi connectivity index (χ2n) is 6.55. The number of benzene rings is 2. The predicted octanol–water partition coefficient (Wildman–Crippen LogP) is 6.45. The van der Waals surface area contributed by atoms with E-state index in [1.807, 2.05) is 80.6 Å². The molecule has 0 bridgehead atoms. The topological polar surface area (TPSA) is 55.0 Å². The molecule has 1 aromatic heterocycles. The quantitative estimate of drug-likeness (QED) is 0.387. The molecule has 0 aliphatic carbocycles. The fraction of sp³-hybridized carbons (Fsp3) is 0.167. The summed E-state index contributed by atoms with van der Waals surface area (Å²) in [7, 11) is 0. The average Bonchev–Trinajstić information content (AvgIpc) is 3.34. The molecular formula is C24H22N2O3S2. The van der Waals surface area contributed by atoms with Crippen LogP contribution < -0.4 is 4.74 Å². The van der Waals surface area contributed by atoms with Crippen LogP contribution >= 0.6 is 23.5 Å². The lowest BCUT2D eigenvalue weighted by atomic mass is 10.3. The molecule has 3 aromatic rings. The summed E-state index contributed by atoms with van der Waals surface area (Å²) in [5.41, 5.74) is 0.776. The summed E-state index contributed by atoms with van der Waals surface area (Å²) in [6.45, 7) is 5.06. The Morgan fingerprint density at radius 1 is 1.06 bits per heavy atom. The maximum atomic E-state index is 12.9. The van der Waals surface area contributed by atoms with E-state index in [2.05, 4.69) is 4.99 Å². The van der Waals surface area contributed by atoms with Gasteiger partial charge in [-0.05, 0) is 74.1 Å². The number of rotatable bonds is 7. The van der Waals surface area contributed by atoms with Gasteiger partial charge in [-0.2, -0.15) is 0 Å². The van der Waals surface area contributed by atoms with Crippen molar-refractivity contribution in [3.63, 3.8) is 0 Å².